The average Bonchev–Trinajstić information content (AvgIpc) is 2.78. The summed E-state index contributed by atoms with van der Waals surface area (Å²) in [5, 5.41) is 8.03. The molecule has 1 heterocycles. The molecule has 0 amide bonds. The number of rotatable bonds is 9. The summed E-state index contributed by atoms with van der Waals surface area (Å²) in [7, 11) is 0. The largest absolute Gasteiger partial charge is 0.313 e. The molecule has 5 heteroatoms. The molecule has 0 aliphatic rings. The summed E-state index contributed by atoms with van der Waals surface area (Å²) in [6.07, 6.45) is 3.80. The Morgan fingerprint density at radius 2 is 2.05 bits per heavy atom. The zero-order chi connectivity index (χ0) is 15.9. The van der Waals surface area contributed by atoms with Crippen LogP contribution in [0.25, 0.3) is 0 Å². The first kappa shape index (κ1) is 18.5. The lowest BCUT2D eigenvalue weighted by Crippen LogP contribution is -2.36. The number of hydrogen-bond acceptors (Lipinski definition) is 4. The third kappa shape index (κ3) is 7.86. The fourth-order valence-electron chi connectivity index (χ4n) is 2.05. The van der Waals surface area contributed by atoms with Crippen molar-refractivity contribution in [1.82, 2.24) is 20.1 Å². The van der Waals surface area contributed by atoms with E-state index in [0.29, 0.717) is 16.7 Å². The monoisotopic (exact) mass is 312 g/mol. The highest BCUT2D eigenvalue weighted by atomic mass is 32.2. The van der Waals surface area contributed by atoms with Gasteiger partial charge in [-0.1, -0.05) is 41.5 Å². The van der Waals surface area contributed by atoms with Crippen LogP contribution in [0.2, 0.25) is 0 Å². The van der Waals surface area contributed by atoms with E-state index in [1.807, 2.05) is 11.8 Å². The first-order chi connectivity index (χ1) is 9.81. The van der Waals surface area contributed by atoms with Crippen LogP contribution in [0.4, 0.5) is 0 Å². The lowest BCUT2D eigenvalue weighted by atomic mass is 10.2. The van der Waals surface area contributed by atoms with Gasteiger partial charge in [0.15, 0.2) is 0 Å². The quantitative estimate of drug-likeness (QED) is 0.759. The Kier molecular flexibility index (Phi) is 7.74. The van der Waals surface area contributed by atoms with Crippen LogP contribution in [0.15, 0.2) is 6.33 Å². The first-order valence-electron chi connectivity index (χ1n) is 8.05. The van der Waals surface area contributed by atoms with Gasteiger partial charge in [-0.3, -0.25) is 0 Å². The van der Waals surface area contributed by atoms with E-state index in [2.05, 4.69) is 61.6 Å². The Morgan fingerprint density at radius 1 is 1.33 bits per heavy atom. The average molecular weight is 313 g/mol. The number of nitrogens with one attached hydrogen (secondary N) is 1. The molecule has 0 bridgehead atoms. The van der Waals surface area contributed by atoms with E-state index in [1.165, 1.54) is 0 Å². The topological polar surface area (TPSA) is 42.7 Å². The van der Waals surface area contributed by atoms with Crippen molar-refractivity contribution in [2.24, 2.45) is 5.92 Å². The number of aromatic nitrogens is 3. The molecule has 1 unspecified atom stereocenters. The van der Waals surface area contributed by atoms with Crippen LogP contribution < -0.4 is 5.32 Å². The Labute approximate surface area is 134 Å². The van der Waals surface area contributed by atoms with E-state index in [1.54, 1.807) is 6.33 Å². The second kappa shape index (κ2) is 8.79. The third-order valence-electron chi connectivity index (χ3n) is 3.06. The van der Waals surface area contributed by atoms with Crippen molar-refractivity contribution in [3.8, 4) is 0 Å². The molecule has 21 heavy (non-hydrogen) atoms. The predicted octanol–water partition coefficient (Wildman–Crippen LogP) is 3.38. The van der Waals surface area contributed by atoms with E-state index in [0.717, 1.165) is 37.5 Å². The molecule has 0 aliphatic carbocycles. The van der Waals surface area contributed by atoms with Crippen LogP contribution >= 0.6 is 11.8 Å². The van der Waals surface area contributed by atoms with Crippen molar-refractivity contribution < 1.29 is 0 Å². The van der Waals surface area contributed by atoms with Crippen molar-refractivity contribution in [2.75, 3.05) is 12.3 Å². The summed E-state index contributed by atoms with van der Waals surface area (Å²) in [6.45, 7) is 15.5. The second-order valence-corrected chi connectivity index (χ2v) is 8.88. The van der Waals surface area contributed by atoms with Gasteiger partial charge in [-0.05, 0) is 18.9 Å². The van der Waals surface area contributed by atoms with Crippen LogP contribution in [0.3, 0.4) is 0 Å². The summed E-state index contributed by atoms with van der Waals surface area (Å²) in [5.74, 6) is 2.81. The third-order valence-corrected chi connectivity index (χ3v) is 4.50. The first-order valence-corrected chi connectivity index (χ1v) is 9.04. The number of thioether (sulfide) groups is 1. The Balaban J connectivity index is 2.64. The van der Waals surface area contributed by atoms with Gasteiger partial charge in [0.1, 0.15) is 12.2 Å². The second-order valence-electron chi connectivity index (χ2n) is 7.03. The molecule has 0 spiro atoms. The summed E-state index contributed by atoms with van der Waals surface area (Å²) in [6, 6.07) is 0.462. The molecule has 0 aliphatic heterocycles. The van der Waals surface area contributed by atoms with Crippen molar-refractivity contribution in [2.45, 2.75) is 71.7 Å². The van der Waals surface area contributed by atoms with Gasteiger partial charge in [0.25, 0.3) is 0 Å². The zero-order valence-electron chi connectivity index (χ0n) is 14.5. The highest BCUT2D eigenvalue weighted by Gasteiger charge is 2.18. The molecule has 122 valence electrons. The Morgan fingerprint density at radius 3 is 2.62 bits per heavy atom. The van der Waals surface area contributed by atoms with Gasteiger partial charge in [-0.2, -0.15) is 16.9 Å². The van der Waals surface area contributed by atoms with E-state index < -0.39 is 0 Å². The molecule has 4 nitrogen and oxygen atoms in total. The zero-order valence-corrected chi connectivity index (χ0v) is 15.3. The Hall–Kier alpha value is -0.550. The van der Waals surface area contributed by atoms with Gasteiger partial charge in [0, 0.05) is 29.5 Å². The fraction of sp³-hybridized carbons (Fsp3) is 0.875. The molecule has 1 aromatic rings. The van der Waals surface area contributed by atoms with Gasteiger partial charge in [0.2, 0.25) is 0 Å². The van der Waals surface area contributed by atoms with E-state index in [4.69, 9.17) is 0 Å². The number of nitrogens with zero attached hydrogens (tertiary/aromatic N) is 3. The minimum atomic E-state index is 0.303. The molecule has 0 saturated carbocycles. The highest BCUT2D eigenvalue weighted by molar-refractivity contribution is 8.00. The van der Waals surface area contributed by atoms with Crippen molar-refractivity contribution in [1.29, 1.82) is 0 Å². The normalized spacial score (nSPS) is 13.9. The van der Waals surface area contributed by atoms with Crippen LogP contribution in [0.5, 0.6) is 0 Å². The molecule has 1 aromatic heterocycles. The van der Waals surface area contributed by atoms with E-state index in [-0.39, 0.29) is 0 Å². The Bertz CT molecular complexity index is 395. The summed E-state index contributed by atoms with van der Waals surface area (Å²) >= 11 is 2.01. The van der Waals surface area contributed by atoms with Gasteiger partial charge in [-0.25, -0.2) is 9.67 Å². The van der Waals surface area contributed by atoms with E-state index >= 15 is 0 Å². The summed E-state index contributed by atoms with van der Waals surface area (Å²) in [5.41, 5.74) is 0. The smallest absolute Gasteiger partial charge is 0.138 e. The minimum absolute atomic E-state index is 0.303. The highest BCUT2D eigenvalue weighted by Crippen LogP contribution is 2.24. The van der Waals surface area contributed by atoms with Crippen LogP contribution in [0.1, 0.15) is 53.8 Å². The van der Waals surface area contributed by atoms with Crippen molar-refractivity contribution in [3.05, 3.63) is 12.2 Å². The number of hydrogen-bond donors (Lipinski definition) is 1. The van der Waals surface area contributed by atoms with Crippen LogP contribution in [-0.2, 0) is 13.0 Å². The molecule has 1 N–H and O–H groups in total. The summed E-state index contributed by atoms with van der Waals surface area (Å²) < 4.78 is 2.37. The molecule has 1 rings (SSSR count). The molecule has 0 aromatic carbocycles. The molecule has 1 atom stereocenters. The molecule has 0 fully saturated rings. The summed E-state index contributed by atoms with van der Waals surface area (Å²) in [4.78, 5) is 4.46. The molecule has 0 radical (unpaired) electrons. The lowest BCUT2D eigenvalue weighted by Gasteiger charge is -2.24. The van der Waals surface area contributed by atoms with Gasteiger partial charge < -0.3 is 5.32 Å². The minimum Gasteiger partial charge on any atom is -0.313 e. The SMILES string of the molecule is CCCNC(CSC(C)(C)C)Cc1ncnn1CC(C)C. The predicted molar refractivity (Wildman–Crippen MR) is 92.9 cm³/mol. The molecule has 0 saturated heterocycles. The molecular weight excluding hydrogens is 280 g/mol. The lowest BCUT2D eigenvalue weighted by molar-refractivity contribution is 0.449. The molecular formula is C16H32N4S. The van der Waals surface area contributed by atoms with Crippen LogP contribution in [0, 0.1) is 5.92 Å². The fourth-order valence-corrected chi connectivity index (χ4v) is 2.99. The van der Waals surface area contributed by atoms with Gasteiger partial charge in [0.05, 0.1) is 0 Å². The van der Waals surface area contributed by atoms with Gasteiger partial charge in [-0.15, -0.1) is 0 Å². The van der Waals surface area contributed by atoms with Crippen molar-refractivity contribution in [3.63, 3.8) is 0 Å². The van der Waals surface area contributed by atoms with E-state index in [9.17, 15) is 0 Å². The van der Waals surface area contributed by atoms with Crippen LogP contribution in [-0.4, -0.2) is 37.9 Å². The van der Waals surface area contributed by atoms with Crippen molar-refractivity contribution >= 4 is 11.8 Å². The maximum absolute atomic E-state index is 4.46. The maximum atomic E-state index is 4.46. The standard InChI is InChI=1S/C16H32N4S/c1-7-8-17-14(11-21-16(4,5)6)9-15-18-12-19-20(15)10-13(2)3/h12-14,17H,7-11H2,1-6H3. The van der Waals surface area contributed by atoms with Gasteiger partial charge >= 0.3 is 0 Å². The maximum Gasteiger partial charge on any atom is 0.138 e.